The Labute approximate surface area is 89.9 Å². The Bertz CT molecular complexity index is 301. The van der Waals surface area contributed by atoms with E-state index in [4.69, 9.17) is 4.74 Å². The maximum Gasteiger partial charge on any atom is 0.219 e. The van der Waals surface area contributed by atoms with Gasteiger partial charge in [0.1, 0.15) is 0 Å². The van der Waals surface area contributed by atoms with Gasteiger partial charge in [-0.1, -0.05) is 6.07 Å². The summed E-state index contributed by atoms with van der Waals surface area (Å²) in [6.07, 6.45) is 1.73. The Balaban J connectivity index is 2.55. The van der Waals surface area contributed by atoms with Crippen molar-refractivity contribution in [3.05, 3.63) is 30.1 Å². The summed E-state index contributed by atoms with van der Waals surface area (Å²) in [4.78, 5) is 17.2. The molecule has 0 atom stereocenters. The SMILES string of the molecule is COCCN(Cc1ccccn1)C(C)=O. The third-order valence-corrected chi connectivity index (χ3v) is 2.09. The molecule has 0 aromatic carbocycles. The molecule has 0 spiro atoms. The quantitative estimate of drug-likeness (QED) is 0.727. The van der Waals surface area contributed by atoms with Crippen LogP contribution in [0.2, 0.25) is 0 Å². The molecule has 4 heteroatoms. The first-order valence-electron chi connectivity index (χ1n) is 4.88. The van der Waals surface area contributed by atoms with Crippen LogP contribution in [-0.4, -0.2) is 36.1 Å². The van der Waals surface area contributed by atoms with Gasteiger partial charge in [-0.3, -0.25) is 9.78 Å². The van der Waals surface area contributed by atoms with Crippen molar-refractivity contribution in [3.8, 4) is 0 Å². The highest BCUT2D eigenvalue weighted by atomic mass is 16.5. The van der Waals surface area contributed by atoms with E-state index in [0.717, 1.165) is 5.69 Å². The number of hydrogen-bond acceptors (Lipinski definition) is 3. The Kier molecular flexibility index (Phi) is 4.77. The lowest BCUT2D eigenvalue weighted by Gasteiger charge is -2.19. The molecule has 82 valence electrons. The van der Waals surface area contributed by atoms with Gasteiger partial charge >= 0.3 is 0 Å². The van der Waals surface area contributed by atoms with E-state index in [-0.39, 0.29) is 5.91 Å². The zero-order valence-corrected chi connectivity index (χ0v) is 9.14. The molecule has 0 saturated carbocycles. The predicted octanol–water partition coefficient (Wildman–Crippen LogP) is 1.08. The van der Waals surface area contributed by atoms with Gasteiger partial charge in [0.25, 0.3) is 0 Å². The van der Waals surface area contributed by atoms with Crippen molar-refractivity contribution >= 4 is 5.91 Å². The smallest absolute Gasteiger partial charge is 0.219 e. The fourth-order valence-corrected chi connectivity index (χ4v) is 1.24. The molecule has 1 rings (SSSR count). The number of rotatable bonds is 5. The fraction of sp³-hybridized carbons (Fsp3) is 0.455. The van der Waals surface area contributed by atoms with Gasteiger partial charge in [-0.2, -0.15) is 0 Å². The van der Waals surface area contributed by atoms with Crippen molar-refractivity contribution < 1.29 is 9.53 Å². The second kappa shape index (κ2) is 6.14. The van der Waals surface area contributed by atoms with Gasteiger partial charge in [0, 0.05) is 26.8 Å². The highest BCUT2D eigenvalue weighted by Gasteiger charge is 2.08. The van der Waals surface area contributed by atoms with Crippen LogP contribution in [-0.2, 0) is 16.1 Å². The Morgan fingerprint density at radius 3 is 2.87 bits per heavy atom. The monoisotopic (exact) mass is 208 g/mol. The molecule has 1 heterocycles. The van der Waals surface area contributed by atoms with Crippen molar-refractivity contribution in [2.75, 3.05) is 20.3 Å². The summed E-state index contributed by atoms with van der Waals surface area (Å²) in [6, 6.07) is 5.68. The van der Waals surface area contributed by atoms with Crippen LogP contribution in [0.5, 0.6) is 0 Å². The molecule has 0 aliphatic rings. The van der Waals surface area contributed by atoms with Crippen molar-refractivity contribution in [2.45, 2.75) is 13.5 Å². The Hall–Kier alpha value is -1.42. The summed E-state index contributed by atoms with van der Waals surface area (Å²) in [5.74, 6) is 0.0395. The van der Waals surface area contributed by atoms with Gasteiger partial charge in [-0.15, -0.1) is 0 Å². The summed E-state index contributed by atoms with van der Waals surface area (Å²) < 4.78 is 4.95. The molecular formula is C11H16N2O2. The standard InChI is InChI=1S/C11H16N2O2/c1-10(14)13(7-8-15-2)9-11-5-3-4-6-12-11/h3-6H,7-9H2,1-2H3. The van der Waals surface area contributed by atoms with Gasteiger partial charge in [-0.05, 0) is 12.1 Å². The minimum atomic E-state index is 0.0395. The third kappa shape index (κ3) is 4.08. The highest BCUT2D eigenvalue weighted by molar-refractivity contribution is 5.73. The molecule has 0 N–H and O–H groups in total. The van der Waals surface area contributed by atoms with Crippen LogP contribution >= 0.6 is 0 Å². The first-order chi connectivity index (χ1) is 7.24. The molecule has 0 unspecified atom stereocenters. The zero-order chi connectivity index (χ0) is 11.1. The third-order valence-electron chi connectivity index (χ3n) is 2.09. The fourth-order valence-electron chi connectivity index (χ4n) is 1.24. The summed E-state index contributed by atoms with van der Waals surface area (Å²) in [7, 11) is 1.62. The van der Waals surface area contributed by atoms with Gasteiger partial charge in [0.2, 0.25) is 5.91 Å². The maximum absolute atomic E-state index is 11.3. The number of carbonyl (C=O) groups excluding carboxylic acids is 1. The summed E-state index contributed by atoms with van der Waals surface area (Å²) >= 11 is 0. The van der Waals surface area contributed by atoms with Gasteiger partial charge in [0.05, 0.1) is 18.8 Å². The molecule has 1 aromatic heterocycles. The molecule has 0 aliphatic carbocycles. The van der Waals surface area contributed by atoms with Crippen LogP contribution in [0.25, 0.3) is 0 Å². The summed E-state index contributed by atoms with van der Waals surface area (Å²) in [6.45, 7) is 3.24. The van der Waals surface area contributed by atoms with E-state index < -0.39 is 0 Å². The molecule has 0 fully saturated rings. The van der Waals surface area contributed by atoms with Crippen LogP contribution in [0, 0.1) is 0 Å². The Morgan fingerprint density at radius 2 is 2.33 bits per heavy atom. The number of aromatic nitrogens is 1. The van der Waals surface area contributed by atoms with Crippen molar-refractivity contribution in [1.82, 2.24) is 9.88 Å². The van der Waals surface area contributed by atoms with E-state index in [1.165, 1.54) is 0 Å². The number of ether oxygens (including phenoxy) is 1. The van der Waals surface area contributed by atoms with Crippen molar-refractivity contribution in [2.24, 2.45) is 0 Å². The average Bonchev–Trinajstić information content (AvgIpc) is 2.25. The second-order valence-electron chi connectivity index (χ2n) is 3.25. The lowest BCUT2D eigenvalue weighted by Crippen LogP contribution is -2.31. The lowest BCUT2D eigenvalue weighted by atomic mass is 10.3. The van der Waals surface area contributed by atoms with Gasteiger partial charge in [-0.25, -0.2) is 0 Å². The number of carbonyl (C=O) groups is 1. The second-order valence-corrected chi connectivity index (χ2v) is 3.25. The highest BCUT2D eigenvalue weighted by Crippen LogP contribution is 2.01. The average molecular weight is 208 g/mol. The number of methoxy groups -OCH3 is 1. The molecule has 0 radical (unpaired) electrons. The molecule has 0 bridgehead atoms. The van der Waals surface area contributed by atoms with Crippen molar-refractivity contribution in [1.29, 1.82) is 0 Å². The van der Waals surface area contributed by atoms with Crippen LogP contribution in [0.3, 0.4) is 0 Å². The lowest BCUT2D eigenvalue weighted by molar-refractivity contribution is -0.130. The van der Waals surface area contributed by atoms with E-state index in [0.29, 0.717) is 19.7 Å². The molecule has 4 nitrogen and oxygen atoms in total. The van der Waals surface area contributed by atoms with E-state index in [9.17, 15) is 4.79 Å². The predicted molar refractivity (Wildman–Crippen MR) is 57.2 cm³/mol. The van der Waals surface area contributed by atoms with E-state index >= 15 is 0 Å². The van der Waals surface area contributed by atoms with Crippen LogP contribution in [0.1, 0.15) is 12.6 Å². The number of nitrogens with zero attached hydrogens (tertiary/aromatic N) is 2. The minimum Gasteiger partial charge on any atom is -0.383 e. The number of hydrogen-bond donors (Lipinski definition) is 0. The van der Waals surface area contributed by atoms with E-state index in [2.05, 4.69) is 4.98 Å². The minimum absolute atomic E-state index is 0.0395. The first kappa shape index (κ1) is 11.7. The first-order valence-corrected chi connectivity index (χ1v) is 4.88. The van der Waals surface area contributed by atoms with Gasteiger partial charge < -0.3 is 9.64 Å². The van der Waals surface area contributed by atoms with E-state index in [1.54, 1.807) is 25.1 Å². The number of pyridine rings is 1. The molecule has 1 amide bonds. The molecule has 0 aliphatic heterocycles. The largest absolute Gasteiger partial charge is 0.383 e. The summed E-state index contributed by atoms with van der Waals surface area (Å²) in [5.41, 5.74) is 0.892. The van der Waals surface area contributed by atoms with Crippen LogP contribution in [0.4, 0.5) is 0 Å². The topological polar surface area (TPSA) is 42.4 Å². The molecule has 1 aromatic rings. The molecule has 15 heavy (non-hydrogen) atoms. The van der Waals surface area contributed by atoms with Crippen LogP contribution < -0.4 is 0 Å². The number of amides is 1. The van der Waals surface area contributed by atoms with Crippen molar-refractivity contribution in [3.63, 3.8) is 0 Å². The summed E-state index contributed by atoms with van der Waals surface area (Å²) in [5, 5.41) is 0. The van der Waals surface area contributed by atoms with Crippen LogP contribution in [0.15, 0.2) is 24.4 Å². The zero-order valence-electron chi connectivity index (χ0n) is 9.14. The molecule has 0 saturated heterocycles. The Morgan fingerprint density at radius 1 is 1.53 bits per heavy atom. The van der Waals surface area contributed by atoms with Gasteiger partial charge in [0.15, 0.2) is 0 Å². The molecular weight excluding hydrogens is 192 g/mol. The van der Waals surface area contributed by atoms with E-state index in [1.807, 2.05) is 18.2 Å². The normalized spacial score (nSPS) is 10.0. The maximum atomic E-state index is 11.3.